The summed E-state index contributed by atoms with van der Waals surface area (Å²) in [4.78, 5) is 26.8. The average molecular weight is 1910 g/mol. The van der Waals surface area contributed by atoms with Gasteiger partial charge in [-0.05, 0) is 397 Å². The third-order valence-electron chi connectivity index (χ3n) is 28.3. The summed E-state index contributed by atoms with van der Waals surface area (Å²) < 4.78 is 11.9. The number of nitrogens with zero attached hydrogens (tertiary/aromatic N) is 8. The highest BCUT2D eigenvalue weighted by atomic mass is 16.5. The first kappa shape index (κ1) is 98.2. The minimum atomic E-state index is -0.318. The lowest BCUT2D eigenvalue weighted by Crippen LogP contribution is -2.17. The molecular weight excluding hydrogens is 1780 g/mol. The van der Waals surface area contributed by atoms with Crippen molar-refractivity contribution in [1.29, 1.82) is 0 Å². The second kappa shape index (κ2) is 42.9. The van der Waals surface area contributed by atoms with Crippen LogP contribution in [0.2, 0.25) is 0 Å². The zero-order valence-corrected chi connectivity index (χ0v) is 87.3. The van der Waals surface area contributed by atoms with E-state index in [1.54, 1.807) is 0 Å². The molecule has 726 valence electrons. The number of fused-ring (bicyclic) bond motifs is 12. The number of hydrogen-bond acceptors (Lipinski definition) is 11. The van der Waals surface area contributed by atoms with Crippen LogP contribution in [0.1, 0.15) is 156 Å². The van der Waals surface area contributed by atoms with Crippen LogP contribution in [0, 0.1) is 125 Å². The third kappa shape index (κ3) is 21.0. The second-order valence-corrected chi connectivity index (χ2v) is 40.0. The molecule has 0 unspecified atom stereocenters. The fourth-order valence-corrected chi connectivity index (χ4v) is 20.8. The van der Waals surface area contributed by atoms with Crippen LogP contribution in [0.3, 0.4) is 0 Å². The molecule has 0 saturated carbocycles. The molecule has 0 aliphatic carbocycles. The van der Waals surface area contributed by atoms with Crippen LogP contribution in [0.4, 0.5) is 114 Å². The Morgan fingerprint density at radius 2 is 0.445 bits per heavy atom. The third-order valence-corrected chi connectivity index (χ3v) is 28.3. The number of carbonyl (C=O) groups excluding carboxylic acids is 1. The number of esters is 1. The van der Waals surface area contributed by atoms with Crippen LogP contribution in [-0.4, -0.2) is 5.97 Å². The Hall–Kier alpha value is -16.6. The Morgan fingerprint density at radius 3 is 0.801 bits per heavy atom. The van der Waals surface area contributed by atoms with Gasteiger partial charge < -0.3 is 38.9 Å². The number of azo groups is 1. The van der Waals surface area contributed by atoms with Gasteiger partial charge in [0, 0.05) is 62.4 Å². The summed E-state index contributed by atoms with van der Waals surface area (Å²) in [6.07, 6.45) is 10.1. The molecule has 24 rings (SSSR count). The van der Waals surface area contributed by atoms with Gasteiger partial charge in [0.15, 0.2) is 5.75 Å². The molecule has 6 aliphatic heterocycles. The van der Waals surface area contributed by atoms with Crippen LogP contribution < -0.4 is 38.9 Å². The molecule has 0 aromatic heterocycles. The van der Waals surface area contributed by atoms with E-state index < -0.39 is 0 Å². The van der Waals surface area contributed by atoms with Crippen molar-refractivity contribution in [3.8, 4) is 11.5 Å². The summed E-state index contributed by atoms with van der Waals surface area (Å²) in [6, 6.07) is 130. The first-order valence-electron chi connectivity index (χ1n) is 51.0. The maximum atomic E-state index is 12.7. The van der Waals surface area contributed by atoms with E-state index >= 15 is 0 Å². The van der Waals surface area contributed by atoms with Crippen LogP contribution in [0.25, 0.3) is 12.2 Å². The molecule has 0 bridgehead atoms. The van der Waals surface area contributed by atoms with Gasteiger partial charge in [-0.15, -0.1) is 10.2 Å². The van der Waals surface area contributed by atoms with Crippen LogP contribution >= 0.6 is 0 Å². The normalized spacial score (nSPS) is 13.0. The number of hydrogen-bond donors (Lipinski definition) is 0. The molecule has 0 saturated heterocycles. The van der Waals surface area contributed by atoms with Crippen molar-refractivity contribution < 1.29 is 14.3 Å². The molecule has 6 heterocycles. The van der Waals surface area contributed by atoms with E-state index in [4.69, 9.17) is 9.47 Å². The fraction of sp³-hybridized carbons (Fsp3) is 0.178. The first-order chi connectivity index (χ1) is 70.7. The predicted molar refractivity (Wildman–Crippen MR) is 614 cm³/mol. The van der Waals surface area contributed by atoms with Gasteiger partial charge in [0.05, 0.1) is 51.1 Å². The standard InChI is InChI=1S/C24H25N.C23H23N.C23H21N.C22H19NO2.C22H21NO.C21H19N3/c1-17-11-13-23-20(15-17)8-6-9-21-16-18(2)12-14-24(21)25(23)22-10-5-4-7-19(22)3;2*1-16-8-12-22-19(14-16)10-11-20-15-17(2)9-13-23(20)24(22)21-7-5-4-6-18(21)3;1-14-8-10-19-17(12-14)22(24)25-21-13-15(2)9-11-20(21)23(19)18-7-5-4-6-16(18)3;1-15-8-10-20-18(12-15)14-24-22-13-16(2)9-11-21(22)23(20)19-7-5-4-6-17(19)3;1-14-8-10-20-17(12-14)22-23-18-13-15(2)9-11-21(18)24(20)19-7-5-4-6-16(19)3/h4-5,7,10-16H,6,8-9H2,1-3H3;4-9,12-15H,10-11H2,1-3H3;4-15H,1-3H3;4-13H,1-3H3;4-13H,14H2,1-3H3;4-13H,1-3H3. The minimum Gasteiger partial charge on any atom is -0.487 e. The largest absolute Gasteiger partial charge is 0.487 e. The number of ether oxygens (including phenoxy) is 2. The van der Waals surface area contributed by atoms with Crippen molar-refractivity contribution in [2.45, 2.75) is 163 Å². The van der Waals surface area contributed by atoms with Crippen LogP contribution in [0.5, 0.6) is 11.5 Å². The van der Waals surface area contributed by atoms with E-state index in [-0.39, 0.29) is 5.97 Å². The molecule has 18 aromatic rings. The second-order valence-electron chi connectivity index (χ2n) is 40.0. The predicted octanol–water partition coefficient (Wildman–Crippen LogP) is 37.7. The number of rotatable bonds is 6. The topological polar surface area (TPSA) is 79.7 Å². The molecule has 0 atom stereocenters. The zero-order chi connectivity index (χ0) is 102. The SMILES string of the molecule is Cc1ccc2c(c1)C=Cc1cc(C)ccc1N2c1ccccc1C.Cc1ccc2c(c1)CCCc1cc(C)ccc1N2c1ccccc1C.Cc1ccc2c(c1)CCc1cc(C)ccc1N2c1ccccc1C.Cc1ccc2c(c1)COc1cc(C)ccc1N2c1ccccc1C.Cc1ccc2c(c1)N=Nc1cc(C)ccc1N2c1ccccc1C.Cc1ccc2c(c1)OC(=O)c1cc(C)ccc1N2c1ccccc1C. The molecule has 18 aromatic carbocycles. The molecule has 6 aliphatic rings. The number of aryl methyl sites for hydroxylation is 22. The fourth-order valence-electron chi connectivity index (χ4n) is 20.8. The highest BCUT2D eigenvalue weighted by molar-refractivity contribution is 6.04. The Kier molecular flexibility index (Phi) is 28.8. The van der Waals surface area contributed by atoms with Crippen LogP contribution in [-0.2, 0) is 32.3 Å². The quantitative estimate of drug-likeness (QED) is 0.119. The number of benzene rings is 18. The van der Waals surface area contributed by atoms with Gasteiger partial charge in [0.1, 0.15) is 23.7 Å². The molecule has 0 N–H and O–H groups in total. The van der Waals surface area contributed by atoms with E-state index in [0.29, 0.717) is 17.9 Å². The van der Waals surface area contributed by atoms with E-state index in [1.165, 1.54) is 191 Å². The van der Waals surface area contributed by atoms with Gasteiger partial charge in [-0.2, -0.15) is 0 Å². The van der Waals surface area contributed by atoms with E-state index in [9.17, 15) is 4.79 Å². The lowest BCUT2D eigenvalue weighted by atomic mass is 9.94. The lowest BCUT2D eigenvalue weighted by Gasteiger charge is -2.32. The van der Waals surface area contributed by atoms with Gasteiger partial charge in [0.25, 0.3) is 0 Å². The molecule has 0 spiro atoms. The van der Waals surface area contributed by atoms with Gasteiger partial charge in [0.2, 0.25) is 0 Å². The number of carbonyl (C=O) groups is 1. The maximum absolute atomic E-state index is 12.7. The summed E-state index contributed by atoms with van der Waals surface area (Å²) in [5, 5.41) is 9.04. The summed E-state index contributed by atoms with van der Waals surface area (Å²) in [6.45, 7) is 38.9. The highest BCUT2D eigenvalue weighted by Gasteiger charge is 2.33. The maximum Gasteiger partial charge on any atom is 0.345 e. The van der Waals surface area contributed by atoms with Crippen molar-refractivity contribution in [2.75, 3.05) is 29.4 Å². The first-order valence-corrected chi connectivity index (χ1v) is 51.0. The Labute approximate surface area is 863 Å². The highest BCUT2D eigenvalue weighted by Crippen LogP contribution is 2.54. The number of anilines is 18. The van der Waals surface area contributed by atoms with Gasteiger partial charge in [-0.3, -0.25) is 0 Å². The van der Waals surface area contributed by atoms with E-state index in [2.05, 4.69) is 478 Å². The molecule has 0 amide bonds. The molecule has 11 nitrogen and oxygen atoms in total. The van der Waals surface area contributed by atoms with E-state index in [1.807, 2.05) is 62.4 Å². The van der Waals surface area contributed by atoms with Crippen molar-refractivity contribution in [2.24, 2.45) is 10.2 Å². The molecule has 0 fully saturated rings. The Balaban J connectivity index is 0.000000111. The molecular formula is C135H128N8O3. The van der Waals surface area contributed by atoms with Crippen molar-refractivity contribution in [1.82, 2.24) is 0 Å². The van der Waals surface area contributed by atoms with Crippen molar-refractivity contribution in [3.05, 3.63) is 509 Å². The molecule has 11 heteroatoms. The van der Waals surface area contributed by atoms with Crippen LogP contribution in [0.15, 0.2) is 374 Å². The van der Waals surface area contributed by atoms with E-state index in [0.717, 1.165) is 99.3 Å². The molecule has 146 heavy (non-hydrogen) atoms. The smallest absolute Gasteiger partial charge is 0.345 e. The van der Waals surface area contributed by atoms with Gasteiger partial charge in [-0.1, -0.05) is 269 Å². The molecule has 0 radical (unpaired) electrons. The zero-order valence-electron chi connectivity index (χ0n) is 87.3. The summed E-state index contributed by atoms with van der Waals surface area (Å²) in [5.74, 6) is 1.20. The summed E-state index contributed by atoms with van der Waals surface area (Å²) in [7, 11) is 0. The minimum absolute atomic E-state index is 0.318. The van der Waals surface area contributed by atoms with Gasteiger partial charge in [-0.25, -0.2) is 4.79 Å². The van der Waals surface area contributed by atoms with Crippen molar-refractivity contribution >= 4 is 132 Å². The average Bonchev–Trinajstić information content (AvgIpc) is 1.72. The van der Waals surface area contributed by atoms with Gasteiger partial charge >= 0.3 is 5.97 Å². The van der Waals surface area contributed by atoms with Crippen molar-refractivity contribution in [3.63, 3.8) is 0 Å². The summed E-state index contributed by atoms with van der Waals surface area (Å²) >= 11 is 0. The Morgan fingerprint density at radius 1 is 0.205 bits per heavy atom. The number of para-hydroxylation sites is 6. The Bertz CT molecular complexity index is 7410. The monoisotopic (exact) mass is 1910 g/mol. The lowest BCUT2D eigenvalue weighted by molar-refractivity contribution is 0.0738. The summed E-state index contributed by atoms with van der Waals surface area (Å²) in [5.41, 5.74) is 55.2.